The number of rotatable bonds is 3. The molecule has 0 aliphatic carbocycles. The topological polar surface area (TPSA) is 63.2 Å². The number of benzene rings is 1. The number of hydrogen-bond acceptors (Lipinski definition) is 5. The Morgan fingerprint density at radius 3 is 2.47 bits per heavy atom. The molecule has 102 valence electrons. The number of nitrogens with zero attached hydrogens (tertiary/aromatic N) is 3. The molecule has 1 heterocycles. The van der Waals surface area contributed by atoms with Crippen molar-refractivity contribution in [1.82, 2.24) is 10.2 Å². The van der Waals surface area contributed by atoms with E-state index in [9.17, 15) is 8.42 Å². The Morgan fingerprint density at radius 2 is 1.95 bits per heavy atom. The summed E-state index contributed by atoms with van der Waals surface area (Å²) >= 11 is 4.58. The molecule has 8 heteroatoms. The van der Waals surface area contributed by atoms with E-state index in [2.05, 4.69) is 26.1 Å². The Kier molecular flexibility index (Phi) is 3.93. The van der Waals surface area contributed by atoms with Gasteiger partial charge < -0.3 is 0 Å². The zero-order valence-corrected chi connectivity index (χ0v) is 13.8. The van der Waals surface area contributed by atoms with Crippen molar-refractivity contribution >= 4 is 42.4 Å². The van der Waals surface area contributed by atoms with Crippen LogP contribution in [0.1, 0.15) is 10.6 Å². The molecule has 0 saturated carbocycles. The molecule has 0 bridgehead atoms. The van der Waals surface area contributed by atoms with Crippen LogP contribution in [0.15, 0.2) is 27.6 Å². The molecule has 5 nitrogen and oxygen atoms in total. The molecule has 0 amide bonds. The van der Waals surface area contributed by atoms with Gasteiger partial charge in [-0.1, -0.05) is 33.3 Å². The summed E-state index contributed by atoms with van der Waals surface area (Å²) < 4.78 is 26.8. The lowest BCUT2D eigenvalue weighted by atomic mass is 10.2. The highest BCUT2D eigenvalue weighted by molar-refractivity contribution is 9.10. The van der Waals surface area contributed by atoms with E-state index in [1.165, 1.54) is 18.4 Å². The number of sulfonamides is 1. The summed E-state index contributed by atoms with van der Waals surface area (Å²) in [5.74, 6) is 0. The standard InChI is InChI=1S/C11H12BrN3O2S2/c1-7-4-5-9(6-10(7)12)19(16,17)15(3)11-14-13-8(2)18-11/h4-6H,1-3H3. The van der Waals surface area contributed by atoms with Gasteiger partial charge in [-0.05, 0) is 31.5 Å². The first-order valence-electron chi connectivity index (χ1n) is 5.37. The number of aryl methyl sites for hydroxylation is 2. The first-order chi connectivity index (χ1) is 8.82. The number of anilines is 1. The van der Waals surface area contributed by atoms with Gasteiger partial charge in [-0.3, -0.25) is 0 Å². The van der Waals surface area contributed by atoms with Gasteiger partial charge in [-0.15, -0.1) is 10.2 Å². The molecule has 0 unspecified atom stereocenters. The van der Waals surface area contributed by atoms with Crippen LogP contribution in [-0.4, -0.2) is 25.7 Å². The third-order valence-electron chi connectivity index (χ3n) is 2.59. The van der Waals surface area contributed by atoms with Gasteiger partial charge in [-0.25, -0.2) is 12.7 Å². The molecule has 0 aliphatic heterocycles. The van der Waals surface area contributed by atoms with Crippen molar-refractivity contribution in [3.05, 3.63) is 33.2 Å². The highest BCUT2D eigenvalue weighted by Crippen LogP contribution is 2.27. The van der Waals surface area contributed by atoms with E-state index in [0.29, 0.717) is 5.13 Å². The van der Waals surface area contributed by atoms with Crippen LogP contribution in [0.25, 0.3) is 0 Å². The van der Waals surface area contributed by atoms with E-state index in [-0.39, 0.29) is 4.90 Å². The van der Waals surface area contributed by atoms with Crippen LogP contribution in [0.5, 0.6) is 0 Å². The van der Waals surface area contributed by atoms with E-state index in [0.717, 1.165) is 19.3 Å². The fourth-order valence-corrected chi connectivity index (χ4v) is 3.97. The Morgan fingerprint density at radius 1 is 1.26 bits per heavy atom. The van der Waals surface area contributed by atoms with Crippen molar-refractivity contribution in [2.45, 2.75) is 18.7 Å². The fourth-order valence-electron chi connectivity index (χ4n) is 1.41. The van der Waals surface area contributed by atoms with Gasteiger partial charge in [0.15, 0.2) is 0 Å². The quantitative estimate of drug-likeness (QED) is 0.842. The first-order valence-corrected chi connectivity index (χ1v) is 8.42. The van der Waals surface area contributed by atoms with Crippen molar-refractivity contribution in [3.8, 4) is 0 Å². The molecule has 0 saturated heterocycles. The number of hydrogen-bond donors (Lipinski definition) is 0. The van der Waals surface area contributed by atoms with Gasteiger partial charge in [0.05, 0.1) is 4.90 Å². The maximum atomic E-state index is 12.4. The van der Waals surface area contributed by atoms with E-state index in [4.69, 9.17) is 0 Å². The molecule has 2 aromatic rings. The van der Waals surface area contributed by atoms with Gasteiger partial charge >= 0.3 is 0 Å². The van der Waals surface area contributed by atoms with E-state index in [1.807, 2.05) is 6.92 Å². The van der Waals surface area contributed by atoms with E-state index in [1.54, 1.807) is 25.1 Å². The zero-order valence-electron chi connectivity index (χ0n) is 10.6. The van der Waals surface area contributed by atoms with Gasteiger partial charge in [0.2, 0.25) is 5.13 Å². The minimum Gasteiger partial charge on any atom is -0.243 e. The van der Waals surface area contributed by atoms with Crippen LogP contribution in [0.3, 0.4) is 0 Å². The highest BCUT2D eigenvalue weighted by Gasteiger charge is 2.24. The third-order valence-corrected chi connectivity index (χ3v) is 6.22. The summed E-state index contributed by atoms with van der Waals surface area (Å²) in [4.78, 5) is 0.223. The summed E-state index contributed by atoms with van der Waals surface area (Å²) in [6, 6.07) is 4.94. The minimum absolute atomic E-state index is 0.223. The van der Waals surface area contributed by atoms with Crippen LogP contribution < -0.4 is 4.31 Å². The summed E-state index contributed by atoms with van der Waals surface area (Å²) in [6.45, 7) is 3.68. The Bertz CT molecular complexity index is 712. The van der Waals surface area contributed by atoms with E-state index < -0.39 is 10.0 Å². The normalized spacial score (nSPS) is 11.6. The monoisotopic (exact) mass is 361 g/mol. The zero-order chi connectivity index (χ0) is 14.2. The summed E-state index contributed by atoms with van der Waals surface area (Å²) in [5.41, 5.74) is 0.980. The predicted octanol–water partition coefficient (Wildman–Crippen LogP) is 2.74. The minimum atomic E-state index is -3.61. The van der Waals surface area contributed by atoms with E-state index >= 15 is 0 Å². The molecule has 1 aromatic heterocycles. The maximum Gasteiger partial charge on any atom is 0.265 e. The molecule has 2 rings (SSSR count). The molecule has 0 spiro atoms. The average Bonchev–Trinajstić information content (AvgIpc) is 2.78. The molecule has 0 atom stereocenters. The van der Waals surface area contributed by atoms with Crippen molar-refractivity contribution in [3.63, 3.8) is 0 Å². The van der Waals surface area contributed by atoms with Crippen molar-refractivity contribution in [1.29, 1.82) is 0 Å². The molecule has 0 radical (unpaired) electrons. The van der Waals surface area contributed by atoms with Crippen molar-refractivity contribution < 1.29 is 8.42 Å². The molecule has 0 aliphatic rings. The predicted molar refractivity (Wildman–Crippen MR) is 79.1 cm³/mol. The van der Waals surface area contributed by atoms with Crippen molar-refractivity contribution in [2.75, 3.05) is 11.4 Å². The molecule has 0 N–H and O–H groups in total. The Labute approximate surface area is 124 Å². The third kappa shape index (κ3) is 2.80. The molecule has 0 fully saturated rings. The fraction of sp³-hybridized carbons (Fsp3) is 0.273. The molecule has 1 aromatic carbocycles. The lowest BCUT2D eigenvalue weighted by molar-refractivity contribution is 0.594. The first kappa shape index (κ1) is 14.4. The van der Waals surface area contributed by atoms with Crippen LogP contribution in [0.4, 0.5) is 5.13 Å². The Balaban J connectivity index is 2.44. The van der Waals surface area contributed by atoms with Gasteiger partial charge in [0.25, 0.3) is 10.0 Å². The lowest BCUT2D eigenvalue weighted by Crippen LogP contribution is -2.26. The molecular weight excluding hydrogens is 350 g/mol. The van der Waals surface area contributed by atoms with Gasteiger partial charge in [-0.2, -0.15) is 0 Å². The number of aromatic nitrogens is 2. The lowest BCUT2D eigenvalue weighted by Gasteiger charge is -2.16. The SMILES string of the molecule is Cc1nnc(N(C)S(=O)(=O)c2ccc(C)c(Br)c2)s1. The average molecular weight is 362 g/mol. The van der Waals surface area contributed by atoms with Crippen LogP contribution >= 0.6 is 27.3 Å². The highest BCUT2D eigenvalue weighted by atomic mass is 79.9. The van der Waals surface area contributed by atoms with Crippen LogP contribution in [0, 0.1) is 13.8 Å². The second-order valence-corrected chi connectivity index (χ2v) is 7.97. The number of halogens is 1. The molecular formula is C11H12BrN3O2S2. The maximum absolute atomic E-state index is 12.4. The van der Waals surface area contributed by atoms with Gasteiger partial charge in [0, 0.05) is 11.5 Å². The van der Waals surface area contributed by atoms with Crippen LogP contribution in [0.2, 0.25) is 0 Å². The van der Waals surface area contributed by atoms with Gasteiger partial charge in [0.1, 0.15) is 5.01 Å². The van der Waals surface area contributed by atoms with Crippen molar-refractivity contribution in [2.24, 2.45) is 0 Å². The largest absolute Gasteiger partial charge is 0.265 e. The Hall–Kier alpha value is -0.990. The molecule has 19 heavy (non-hydrogen) atoms. The smallest absolute Gasteiger partial charge is 0.243 e. The summed E-state index contributed by atoms with van der Waals surface area (Å²) in [5, 5.41) is 8.76. The van der Waals surface area contributed by atoms with Crippen LogP contribution in [-0.2, 0) is 10.0 Å². The summed E-state index contributed by atoms with van der Waals surface area (Å²) in [7, 11) is -2.13. The second kappa shape index (κ2) is 5.18. The second-order valence-electron chi connectivity index (χ2n) is 3.99. The summed E-state index contributed by atoms with van der Waals surface area (Å²) in [6.07, 6.45) is 0.